The van der Waals surface area contributed by atoms with Crippen molar-refractivity contribution in [1.82, 2.24) is 5.32 Å². The number of ether oxygens (including phenoxy) is 1. The van der Waals surface area contributed by atoms with Crippen LogP contribution in [0.15, 0.2) is 0 Å². The Morgan fingerprint density at radius 2 is 1.06 bits per heavy atom. The predicted molar refractivity (Wildman–Crippen MR) is 76.9 cm³/mol. The molecule has 0 aliphatic rings. The van der Waals surface area contributed by atoms with Crippen LogP contribution in [-0.4, -0.2) is 84.8 Å². The molecule has 0 radical (unpaired) electrons. The van der Waals surface area contributed by atoms with Gasteiger partial charge in [0.1, 0.15) is 0 Å². The molecule has 0 rings (SSSR count). The summed E-state index contributed by atoms with van der Waals surface area (Å²) in [5, 5.41) is 1.56. The van der Waals surface area contributed by atoms with Crippen LogP contribution in [0.4, 0.5) is 61.9 Å². The summed E-state index contributed by atoms with van der Waals surface area (Å²) in [4.78, 5) is 11.3. The van der Waals surface area contributed by atoms with Gasteiger partial charge in [-0.1, -0.05) is 0 Å². The Balaban J connectivity index is 5.63. The largest absolute Gasteiger partial charge is 0.520 e. The fourth-order valence-electron chi connectivity index (χ4n) is 1.75. The molecule has 0 heterocycles. The van der Waals surface area contributed by atoms with E-state index in [1.165, 1.54) is 0 Å². The van der Waals surface area contributed by atoms with Crippen molar-refractivity contribution >= 4 is 14.9 Å². The van der Waals surface area contributed by atoms with Gasteiger partial charge >= 0.3 is 50.7 Å². The van der Waals surface area contributed by atoms with Gasteiger partial charge in [0.2, 0.25) is 0 Å². The van der Waals surface area contributed by atoms with Gasteiger partial charge in [-0.2, -0.15) is 57.1 Å². The van der Waals surface area contributed by atoms with Gasteiger partial charge in [-0.15, -0.1) is 0 Å². The van der Waals surface area contributed by atoms with Crippen molar-refractivity contribution in [1.29, 1.82) is 0 Å². The molecule has 20 heteroatoms. The van der Waals surface area contributed by atoms with E-state index in [2.05, 4.69) is 4.74 Å². The number of amides is 1. The number of hydrogen-bond donors (Lipinski definition) is 1. The van der Waals surface area contributed by atoms with Gasteiger partial charge in [0.15, 0.2) is 6.61 Å². The first-order valence-electron chi connectivity index (χ1n) is 7.55. The standard InChI is InChI=1S/C12H14F13NO5Si/c1-28-32(29-2,30-3)5-26-6(27)31-4-7(13,14)8(15,16)9(17,18)10(19,20)11(21,22)12(23,24)25/h4-5H2,1-3H3,(H,26,27). The van der Waals surface area contributed by atoms with Crippen LogP contribution in [0.5, 0.6) is 0 Å². The van der Waals surface area contributed by atoms with Gasteiger partial charge < -0.3 is 23.3 Å². The van der Waals surface area contributed by atoms with Crippen molar-refractivity contribution < 1.29 is 79.9 Å². The number of nitrogens with one attached hydrogen (secondary N) is 1. The van der Waals surface area contributed by atoms with E-state index in [9.17, 15) is 61.9 Å². The molecular weight excluding hydrogens is 513 g/mol. The Bertz CT molecular complexity index is 645. The van der Waals surface area contributed by atoms with Crippen molar-refractivity contribution in [3.63, 3.8) is 0 Å². The highest BCUT2D eigenvalue weighted by molar-refractivity contribution is 6.61. The van der Waals surface area contributed by atoms with Crippen LogP contribution in [0.2, 0.25) is 0 Å². The summed E-state index contributed by atoms with van der Waals surface area (Å²) in [6.45, 7) is -3.13. The van der Waals surface area contributed by atoms with Crippen molar-refractivity contribution in [2.24, 2.45) is 0 Å². The Morgan fingerprint density at radius 3 is 1.41 bits per heavy atom. The Labute approximate surface area is 171 Å². The van der Waals surface area contributed by atoms with E-state index in [0.717, 1.165) is 21.3 Å². The second-order valence-electron chi connectivity index (χ2n) is 5.72. The molecule has 0 aliphatic carbocycles. The van der Waals surface area contributed by atoms with Crippen LogP contribution < -0.4 is 5.32 Å². The summed E-state index contributed by atoms with van der Waals surface area (Å²) in [5.74, 6) is -37.9. The summed E-state index contributed by atoms with van der Waals surface area (Å²) in [6, 6.07) is 0. The van der Waals surface area contributed by atoms with Gasteiger partial charge in [-0.25, -0.2) is 4.79 Å². The molecule has 1 N–H and O–H groups in total. The van der Waals surface area contributed by atoms with Gasteiger partial charge in [0.25, 0.3) is 0 Å². The zero-order chi connectivity index (χ0) is 26.0. The third-order valence-corrected chi connectivity index (χ3v) is 6.24. The Morgan fingerprint density at radius 1 is 0.688 bits per heavy atom. The maximum Gasteiger partial charge on any atom is 0.520 e. The lowest BCUT2D eigenvalue weighted by Crippen LogP contribution is -2.70. The van der Waals surface area contributed by atoms with Crippen molar-refractivity contribution in [2.45, 2.75) is 35.8 Å². The second kappa shape index (κ2) is 9.37. The molecule has 0 atom stereocenters. The molecule has 32 heavy (non-hydrogen) atoms. The van der Waals surface area contributed by atoms with Gasteiger partial charge in [0.05, 0.1) is 6.17 Å². The zero-order valence-corrected chi connectivity index (χ0v) is 16.9. The van der Waals surface area contributed by atoms with Crippen LogP contribution in [0.1, 0.15) is 0 Å². The lowest BCUT2D eigenvalue weighted by Gasteiger charge is -2.39. The highest BCUT2D eigenvalue weighted by Gasteiger charge is 2.90. The predicted octanol–water partition coefficient (Wildman–Crippen LogP) is 3.87. The normalized spacial score (nSPS) is 15.0. The third kappa shape index (κ3) is 5.16. The molecule has 192 valence electrons. The smallest absolute Gasteiger partial charge is 0.443 e. The van der Waals surface area contributed by atoms with Crippen LogP contribution in [0.25, 0.3) is 0 Å². The van der Waals surface area contributed by atoms with E-state index in [1.54, 1.807) is 5.32 Å². The van der Waals surface area contributed by atoms with E-state index in [-0.39, 0.29) is 0 Å². The van der Waals surface area contributed by atoms with E-state index in [0.29, 0.717) is 0 Å². The molecule has 0 bridgehead atoms. The maximum atomic E-state index is 13.5. The maximum absolute atomic E-state index is 13.5. The average Bonchev–Trinajstić information content (AvgIpc) is 2.66. The SMILES string of the molecule is CO[Si](CNC(=O)OCC(F)(F)C(F)(F)C(F)(F)C(F)(F)C(F)(F)C(F)(F)F)(OC)OC. The number of rotatable bonds is 11. The van der Waals surface area contributed by atoms with Crippen molar-refractivity contribution in [2.75, 3.05) is 34.1 Å². The monoisotopic (exact) mass is 527 g/mol. The van der Waals surface area contributed by atoms with Crippen LogP contribution >= 0.6 is 0 Å². The summed E-state index contributed by atoms with van der Waals surface area (Å²) in [5.41, 5.74) is 0. The first-order valence-corrected chi connectivity index (χ1v) is 9.48. The summed E-state index contributed by atoms with van der Waals surface area (Å²) >= 11 is 0. The van der Waals surface area contributed by atoms with Crippen molar-refractivity contribution in [3.8, 4) is 0 Å². The minimum Gasteiger partial charge on any atom is -0.443 e. The minimum atomic E-state index is -8.03. The molecule has 0 aromatic rings. The van der Waals surface area contributed by atoms with Crippen LogP contribution in [-0.2, 0) is 18.0 Å². The molecule has 6 nitrogen and oxygen atoms in total. The summed E-state index contributed by atoms with van der Waals surface area (Å²) in [6.07, 6.45) is -10.4. The van der Waals surface area contributed by atoms with Crippen LogP contribution in [0, 0.1) is 0 Å². The average molecular weight is 527 g/mol. The molecule has 0 aromatic heterocycles. The second-order valence-corrected chi connectivity index (χ2v) is 8.67. The molecule has 0 aromatic carbocycles. The minimum absolute atomic E-state index is 0.774. The zero-order valence-electron chi connectivity index (χ0n) is 15.9. The van der Waals surface area contributed by atoms with E-state index in [1.807, 2.05) is 0 Å². The van der Waals surface area contributed by atoms with Gasteiger partial charge in [-0.05, 0) is 0 Å². The summed E-state index contributed by atoms with van der Waals surface area (Å²) in [7, 11) is -0.642. The number of alkyl carbamates (subject to hydrolysis) is 1. The number of carbonyl (C=O) groups is 1. The van der Waals surface area contributed by atoms with Crippen LogP contribution in [0.3, 0.4) is 0 Å². The Hall–Kier alpha value is -1.54. The fraction of sp³-hybridized carbons (Fsp3) is 0.917. The highest BCUT2D eigenvalue weighted by Crippen LogP contribution is 2.60. The number of hydrogen-bond acceptors (Lipinski definition) is 5. The van der Waals surface area contributed by atoms with E-state index < -0.39 is 63.5 Å². The molecular formula is C12H14F13NO5Si. The molecule has 0 spiro atoms. The third-order valence-electron chi connectivity index (χ3n) is 3.77. The topological polar surface area (TPSA) is 66.0 Å². The van der Waals surface area contributed by atoms with E-state index >= 15 is 0 Å². The number of alkyl halides is 13. The first-order chi connectivity index (χ1) is 14.0. The quantitative estimate of drug-likeness (QED) is 0.327. The van der Waals surface area contributed by atoms with Gasteiger partial charge in [0, 0.05) is 21.3 Å². The first kappa shape index (κ1) is 30.5. The molecule has 0 fully saturated rings. The fourth-order valence-corrected chi connectivity index (χ4v) is 3.04. The van der Waals surface area contributed by atoms with Crippen molar-refractivity contribution in [3.05, 3.63) is 0 Å². The Kier molecular flexibility index (Phi) is 8.92. The van der Waals surface area contributed by atoms with E-state index in [4.69, 9.17) is 13.3 Å². The molecule has 1 amide bonds. The number of carbonyl (C=O) groups excluding carboxylic acids is 1. The lowest BCUT2D eigenvalue weighted by molar-refractivity contribution is -0.440. The molecule has 0 unspecified atom stereocenters. The molecule has 0 aliphatic heterocycles. The number of halogens is 13. The highest BCUT2D eigenvalue weighted by atomic mass is 28.4. The summed E-state index contributed by atoms with van der Waals surface area (Å²) < 4.78 is 186. The van der Waals surface area contributed by atoms with Gasteiger partial charge in [-0.3, -0.25) is 0 Å². The molecule has 0 saturated heterocycles. The molecule has 0 saturated carbocycles. The lowest BCUT2D eigenvalue weighted by atomic mass is 9.94.